The van der Waals surface area contributed by atoms with Crippen LogP contribution < -0.4 is 10.6 Å². The van der Waals surface area contributed by atoms with Gasteiger partial charge in [0.1, 0.15) is 17.4 Å². The third-order valence-corrected chi connectivity index (χ3v) is 8.17. The van der Waals surface area contributed by atoms with E-state index in [-0.39, 0.29) is 40.8 Å². The zero-order valence-corrected chi connectivity index (χ0v) is 20.6. The lowest BCUT2D eigenvalue weighted by Crippen LogP contribution is -2.57. The molecule has 194 valence electrons. The number of carbonyl (C=O) groups is 1. The first-order valence-corrected chi connectivity index (χ1v) is 12.8. The Morgan fingerprint density at radius 3 is 2.68 bits per heavy atom. The molecule has 12 heteroatoms. The van der Waals surface area contributed by atoms with Crippen molar-refractivity contribution in [2.24, 2.45) is 0 Å². The summed E-state index contributed by atoms with van der Waals surface area (Å²) >= 11 is 1.47. The highest BCUT2D eigenvalue weighted by atomic mass is 32.1. The van der Waals surface area contributed by atoms with E-state index in [9.17, 15) is 28.3 Å². The molecule has 1 saturated heterocycles. The first-order valence-electron chi connectivity index (χ1n) is 12.0. The van der Waals surface area contributed by atoms with E-state index in [1.807, 2.05) is 6.07 Å². The average Bonchev–Trinajstić information content (AvgIpc) is 3.40. The number of amides is 1. The first kappa shape index (κ1) is 25.4. The monoisotopic (exact) mass is 530 g/mol. The van der Waals surface area contributed by atoms with Crippen LogP contribution in [-0.4, -0.2) is 57.6 Å². The van der Waals surface area contributed by atoms with Gasteiger partial charge in [-0.2, -0.15) is 18.4 Å². The number of hydrogen-bond donors (Lipinski definition) is 3. The Balaban J connectivity index is 1.14. The maximum atomic E-state index is 13.2. The average molecular weight is 531 g/mol. The molecule has 1 aliphatic heterocycles. The number of benzene rings is 1. The van der Waals surface area contributed by atoms with Crippen LogP contribution in [0, 0.1) is 11.3 Å². The number of fused-ring (bicyclic) bond motifs is 1. The fraction of sp³-hybridized carbons (Fsp3) is 0.440. The minimum atomic E-state index is -4.52. The number of alkyl halides is 3. The van der Waals surface area contributed by atoms with Crippen molar-refractivity contribution in [2.75, 3.05) is 25.0 Å². The lowest BCUT2D eigenvalue weighted by atomic mass is 9.82. The van der Waals surface area contributed by atoms with Crippen molar-refractivity contribution >= 4 is 33.8 Å². The number of halogens is 3. The van der Waals surface area contributed by atoms with Crippen LogP contribution in [0.15, 0.2) is 36.0 Å². The van der Waals surface area contributed by atoms with Crippen molar-refractivity contribution < 1.29 is 23.1 Å². The van der Waals surface area contributed by atoms with Crippen molar-refractivity contribution in [3.05, 3.63) is 52.1 Å². The number of nitrogens with zero attached hydrogens (tertiary/aromatic N) is 4. The third kappa shape index (κ3) is 5.39. The van der Waals surface area contributed by atoms with Crippen molar-refractivity contribution in [1.29, 1.82) is 5.26 Å². The quantitative estimate of drug-likeness (QED) is 0.446. The molecule has 3 heterocycles. The fourth-order valence-corrected chi connectivity index (χ4v) is 5.80. The number of anilines is 1. The van der Waals surface area contributed by atoms with E-state index in [1.54, 1.807) is 11.7 Å². The number of nitriles is 1. The molecule has 1 saturated carbocycles. The number of rotatable bonds is 6. The lowest BCUT2D eigenvalue weighted by Gasteiger charge is -2.47. The standard InChI is InChI=1S/C25H25F3N6O2S/c26-25(27,28)15-1-2-20-19(7-15)21(10-17(11-29)32-20)31-13-23(35)33-16-8-18(9-16)34-5-3-24(36,4-6-34)22-12-30-14-37-22/h1-2,7,10,12,14,16,18,36H,3-6,8-9,13H2,(H,31,32)(H,33,35)/t16-,18-. The topological polar surface area (TPSA) is 114 Å². The Kier molecular flexibility index (Phi) is 6.78. The minimum Gasteiger partial charge on any atom is -0.384 e. The van der Waals surface area contributed by atoms with E-state index in [0.29, 0.717) is 18.9 Å². The molecule has 2 aromatic heterocycles. The van der Waals surface area contributed by atoms with Gasteiger partial charge in [0.25, 0.3) is 0 Å². The highest BCUT2D eigenvalue weighted by Crippen LogP contribution is 2.38. The number of carbonyl (C=O) groups excluding carboxylic acids is 1. The van der Waals surface area contributed by atoms with Gasteiger partial charge in [-0.15, -0.1) is 11.3 Å². The summed E-state index contributed by atoms with van der Waals surface area (Å²) in [5, 5.41) is 26.2. The number of thiazole rings is 1. The van der Waals surface area contributed by atoms with E-state index in [1.165, 1.54) is 23.5 Å². The Labute approximate surface area is 215 Å². The van der Waals surface area contributed by atoms with Crippen LogP contribution in [0.5, 0.6) is 0 Å². The van der Waals surface area contributed by atoms with Gasteiger partial charge < -0.3 is 15.7 Å². The molecule has 2 aliphatic rings. The van der Waals surface area contributed by atoms with E-state index in [0.717, 1.165) is 42.9 Å². The molecule has 3 N–H and O–H groups in total. The summed E-state index contributed by atoms with van der Waals surface area (Å²) in [5.74, 6) is -0.280. The Morgan fingerprint density at radius 1 is 1.27 bits per heavy atom. The molecule has 0 spiro atoms. The number of piperidine rings is 1. The minimum absolute atomic E-state index is 0.0160. The van der Waals surface area contributed by atoms with Crippen LogP contribution in [0.3, 0.4) is 0 Å². The predicted molar refractivity (Wildman–Crippen MR) is 132 cm³/mol. The summed E-state index contributed by atoms with van der Waals surface area (Å²) in [5.41, 5.74) is 0.608. The van der Waals surface area contributed by atoms with Crippen LogP contribution in [0.1, 0.15) is 41.8 Å². The summed E-state index contributed by atoms with van der Waals surface area (Å²) in [6.07, 6.45) is 0.105. The second-order valence-corrected chi connectivity index (χ2v) is 10.5. The number of aromatic nitrogens is 2. The molecule has 0 bridgehead atoms. The zero-order chi connectivity index (χ0) is 26.2. The summed E-state index contributed by atoms with van der Waals surface area (Å²) in [4.78, 5) is 23.9. The van der Waals surface area contributed by atoms with Crippen LogP contribution >= 0.6 is 11.3 Å². The molecule has 0 unspecified atom stereocenters. The van der Waals surface area contributed by atoms with Gasteiger partial charge in [0, 0.05) is 42.4 Å². The second kappa shape index (κ2) is 9.89. The van der Waals surface area contributed by atoms with Gasteiger partial charge in [0.2, 0.25) is 5.91 Å². The number of aliphatic hydroxyl groups is 1. The van der Waals surface area contributed by atoms with Gasteiger partial charge >= 0.3 is 6.18 Å². The van der Waals surface area contributed by atoms with Crippen molar-refractivity contribution in [3.63, 3.8) is 0 Å². The van der Waals surface area contributed by atoms with Gasteiger partial charge in [0.15, 0.2) is 0 Å². The predicted octanol–water partition coefficient (Wildman–Crippen LogP) is 3.62. The molecule has 0 atom stereocenters. The van der Waals surface area contributed by atoms with Gasteiger partial charge in [-0.3, -0.25) is 14.7 Å². The molecule has 1 aromatic carbocycles. The molecule has 1 amide bonds. The smallest absolute Gasteiger partial charge is 0.384 e. The van der Waals surface area contributed by atoms with E-state index in [4.69, 9.17) is 0 Å². The van der Waals surface area contributed by atoms with E-state index in [2.05, 4.69) is 25.5 Å². The number of pyridine rings is 1. The largest absolute Gasteiger partial charge is 0.416 e. The van der Waals surface area contributed by atoms with E-state index >= 15 is 0 Å². The lowest BCUT2D eigenvalue weighted by molar-refractivity contribution is -0.137. The molecular weight excluding hydrogens is 505 g/mol. The fourth-order valence-electron chi connectivity index (χ4n) is 5.01. The Hall–Kier alpha value is -3.27. The van der Waals surface area contributed by atoms with Gasteiger partial charge in [-0.1, -0.05) is 0 Å². The number of nitrogens with one attached hydrogen (secondary N) is 2. The number of likely N-dealkylation sites (tertiary alicyclic amines) is 1. The van der Waals surface area contributed by atoms with Crippen molar-refractivity contribution in [3.8, 4) is 6.07 Å². The highest BCUT2D eigenvalue weighted by molar-refractivity contribution is 7.09. The molecular formula is C25H25F3N6O2S. The van der Waals surface area contributed by atoms with Crippen LogP contribution in [0.2, 0.25) is 0 Å². The maximum Gasteiger partial charge on any atom is 0.416 e. The normalized spacial score (nSPS) is 21.7. The summed E-state index contributed by atoms with van der Waals surface area (Å²) < 4.78 is 39.6. The van der Waals surface area contributed by atoms with Crippen molar-refractivity contribution in [1.82, 2.24) is 20.2 Å². The van der Waals surface area contributed by atoms with Crippen molar-refractivity contribution in [2.45, 2.75) is 49.5 Å². The number of hydrogen-bond acceptors (Lipinski definition) is 8. The summed E-state index contributed by atoms with van der Waals surface area (Å²) in [7, 11) is 0. The SMILES string of the molecule is N#Cc1cc(NCC(=O)N[C@H]2C[C@H](N3CCC(O)(c4cncs4)CC3)C2)c2cc(C(F)(F)F)ccc2n1. The van der Waals surface area contributed by atoms with E-state index < -0.39 is 17.3 Å². The molecule has 3 aromatic rings. The molecule has 5 rings (SSSR count). The highest BCUT2D eigenvalue weighted by Gasteiger charge is 2.41. The molecule has 0 radical (unpaired) electrons. The van der Waals surface area contributed by atoms with Gasteiger partial charge in [0.05, 0.1) is 28.0 Å². The summed E-state index contributed by atoms with van der Waals surface area (Å²) in [6, 6.07) is 6.70. The molecule has 37 heavy (non-hydrogen) atoms. The Bertz CT molecular complexity index is 1330. The van der Waals surface area contributed by atoms with Crippen LogP contribution in [-0.2, 0) is 16.6 Å². The Morgan fingerprint density at radius 2 is 2.03 bits per heavy atom. The first-order chi connectivity index (χ1) is 17.6. The molecule has 1 aliphatic carbocycles. The zero-order valence-electron chi connectivity index (χ0n) is 19.8. The third-order valence-electron chi connectivity index (χ3n) is 7.20. The molecule has 2 fully saturated rings. The van der Waals surface area contributed by atoms with Gasteiger partial charge in [-0.25, -0.2) is 4.98 Å². The second-order valence-electron chi connectivity index (χ2n) is 9.57. The summed E-state index contributed by atoms with van der Waals surface area (Å²) in [6.45, 7) is 1.40. The molecule has 8 nitrogen and oxygen atoms in total. The van der Waals surface area contributed by atoms with Crippen LogP contribution in [0.25, 0.3) is 10.9 Å². The maximum absolute atomic E-state index is 13.2. The van der Waals surface area contributed by atoms with Crippen LogP contribution in [0.4, 0.5) is 18.9 Å². The van der Waals surface area contributed by atoms with Gasteiger partial charge in [-0.05, 0) is 49.9 Å².